The van der Waals surface area contributed by atoms with Crippen LogP contribution in [0.1, 0.15) is 10.4 Å². The van der Waals surface area contributed by atoms with E-state index in [4.69, 9.17) is 0 Å². The first kappa shape index (κ1) is 22.2. The van der Waals surface area contributed by atoms with Crippen molar-refractivity contribution in [2.75, 3.05) is 5.32 Å². The lowest BCUT2D eigenvalue weighted by atomic mass is 10.0. The number of amides is 1. The molecule has 0 aliphatic carbocycles. The summed E-state index contributed by atoms with van der Waals surface area (Å²) in [6, 6.07) is 27.9. The highest BCUT2D eigenvalue weighted by molar-refractivity contribution is 7.08. The van der Waals surface area contributed by atoms with Crippen molar-refractivity contribution in [3.63, 3.8) is 0 Å². The first-order valence-corrected chi connectivity index (χ1v) is 13.1. The minimum atomic E-state index is -0.169. The van der Waals surface area contributed by atoms with E-state index < -0.39 is 0 Å². The number of aromatic nitrogens is 4. The van der Waals surface area contributed by atoms with Crippen molar-refractivity contribution < 1.29 is 4.79 Å². The summed E-state index contributed by atoms with van der Waals surface area (Å²) in [7, 11) is 0. The number of pyridine rings is 1. The maximum Gasteiger partial charge on any atom is 0.255 e. The summed E-state index contributed by atoms with van der Waals surface area (Å²) < 4.78 is 0. The smallest absolute Gasteiger partial charge is 0.255 e. The lowest BCUT2D eigenvalue weighted by molar-refractivity contribution is 0.102. The van der Waals surface area contributed by atoms with Gasteiger partial charge in [0.15, 0.2) is 0 Å². The van der Waals surface area contributed by atoms with Crippen LogP contribution in [-0.4, -0.2) is 26.1 Å². The van der Waals surface area contributed by atoms with Crippen LogP contribution in [-0.2, 0) is 0 Å². The Morgan fingerprint density at radius 2 is 1.71 bits per heavy atom. The molecule has 182 valence electrons. The van der Waals surface area contributed by atoms with E-state index in [-0.39, 0.29) is 5.91 Å². The van der Waals surface area contributed by atoms with Gasteiger partial charge in [0.25, 0.3) is 5.91 Å². The number of H-pyrrole nitrogens is 2. The van der Waals surface area contributed by atoms with Gasteiger partial charge in [-0.05, 0) is 76.0 Å². The number of benzene rings is 3. The predicted molar refractivity (Wildman–Crippen MR) is 154 cm³/mol. The average molecular weight is 512 g/mol. The second-order valence-electron chi connectivity index (χ2n) is 9.08. The molecule has 7 heteroatoms. The molecule has 0 spiro atoms. The van der Waals surface area contributed by atoms with Gasteiger partial charge < -0.3 is 10.3 Å². The average Bonchev–Trinajstić information content (AvgIpc) is 3.73. The van der Waals surface area contributed by atoms with E-state index in [9.17, 15) is 4.79 Å². The van der Waals surface area contributed by atoms with Gasteiger partial charge in [-0.3, -0.25) is 14.9 Å². The molecule has 4 aromatic heterocycles. The summed E-state index contributed by atoms with van der Waals surface area (Å²) in [5.41, 5.74) is 9.37. The van der Waals surface area contributed by atoms with E-state index in [1.165, 1.54) is 16.5 Å². The number of aromatic amines is 2. The van der Waals surface area contributed by atoms with Crippen molar-refractivity contribution in [3.8, 4) is 33.6 Å². The van der Waals surface area contributed by atoms with Crippen molar-refractivity contribution >= 4 is 44.7 Å². The molecular formula is C31H21N5OS. The molecule has 0 radical (unpaired) electrons. The molecule has 0 bridgehead atoms. The largest absolute Gasteiger partial charge is 0.353 e. The lowest BCUT2D eigenvalue weighted by Crippen LogP contribution is -2.11. The Labute approximate surface area is 222 Å². The molecule has 38 heavy (non-hydrogen) atoms. The third-order valence-corrected chi connectivity index (χ3v) is 7.36. The summed E-state index contributed by atoms with van der Waals surface area (Å²) in [4.78, 5) is 20.6. The topological polar surface area (TPSA) is 86.5 Å². The van der Waals surface area contributed by atoms with E-state index >= 15 is 0 Å². The standard InChI is InChI=1S/C31H21N5OS/c37-31(19-5-2-1-3-6-19)33-23-13-22(16-32-17-23)20-9-10-28-26(14-20)30(36-35-28)29-15-25-24(21-11-12-38-18-21)7-4-8-27(25)34-29/h1-18,34H,(H,33,37)(H,35,36). The van der Waals surface area contributed by atoms with Crippen molar-refractivity contribution in [1.29, 1.82) is 0 Å². The molecule has 0 saturated heterocycles. The Balaban J connectivity index is 1.25. The number of rotatable bonds is 5. The van der Waals surface area contributed by atoms with Gasteiger partial charge in [-0.1, -0.05) is 36.4 Å². The first-order valence-electron chi connectivity index (χ1n) is 12.2. The fourth-order valence-electron chi connectivity index (χ4n) is 4.81. The number of fused-ring (bicyclic) bond motifs is 2. The maximum absolute atomic E-state index is 12.6. The minimum Gasteiger partial charge on any atom is -0.353 e. The number of nitrogens with zero attached hydrogens (tertiary/aromatic N) is 2. The first-order chi connectivity index (χ1) is 18.7. The quantitative estimate of drug-likeness (QED) is 0.221. The fourth-order valence-corrected chi connectivity index (χ4v) is 5.47. The molecule has 0 unspecified atom stereocenters. The highest BCUT2D eigenvalue weighted by Crippen LogP contribution is 2.36. The van der Waals surface area contributed by atoms with Crippen LogP contribution in [0.3, 0.4) is 0 Å². The molecule has 0 aliphatic rings. The minimum absolute atomic E-state index is 0.169. The van der Waals surface area contributed by atoms with Crippen molar-refractivity contribution in [3.05, 3.63) is 114 Å². The Morgan fingerprint density at radius 1 is 0.789 bits per heavy atom. The molecule has 3 N–H and O–H groups in total. The molecule has 7 rings (SSSR count). The Morgan fingerprint density at radius 3 is 2.58 bits per heavy atom. The molecular weight excluding hydrogens is 490 g/mol. The van der Waals surface area contributed by atoms with Gasteiger partial charge in [-0.25, -0.2) is 0 Å². The predicted octanol–water partition coefficient (Wildman–Crippen LogP) is 7.75. The van der Waals surface area contributed by atoms with Gasteiger partial charge in [-0.15, -0.1) is 0 Å². The molecule has 0 aliphatic heterocycles. The molecule has 6 nitrogen and oxygen atoms in total. The van der Waals surface area contributed by atoms with Gasteiger partial charge in [0.05, 0.1) is 23.1 Å². The molecule has 0 saturated carbocycles. The molecule has 0 atom stereocenters. The number of hydrogen-bond donors (Lipinski definition) is 3. The van der Waals surface area contributed by atoms with E-state index in [0.29, 0.717) is 11.3 Å². The monoisotopic (exact) mass is 511 g/mol. The SMILES string of the molecule is O=C(Nc1cncc(-c2ccc3[nH]nc(-c4cc5c(-c6ccsc6)cccc5[nH]4)c3c2)c1)c1ccccc1. The second-order valence-corrected chi connectivity index (χ2v) is 9.86. The van der Waals surface area contributed by atoms with Crippen LogP contribution in [0, 0.1) is 0 Å². The van der Waals surface area contributed by atoms with Gasteiger partial charge in [-0.2, -0.15) is 16.4 Å². The number of carbonyl (C=O) groups excluding carboxylic acids is 1. The number of carbonyl (C=O) groups is 1. The van der Waals surface area contributed by atoms with Crippen molar-refractivity contribution in [2.24, 2.45) is 0 Å². The van der Waals surface area contributed by atoms with Gasteiger partial charge in [0.2, 0.25) is 0 Å². The highest BCUT2D eigenvalue weighted by atomic mass is 32.1. The van der Waals surface area contributed by atoms with E-state index in [1.807, 2.05) is 36.4 Å². The highest BCUT2D eigenvalue weighted by Gasteiger charge is 2.15. The van der Waals surface area contributed by atoms with Crippen LogP contribution in [0.4, 0.5) is 5.69 Å². The van der Waals surface area contributed by atoms with Crippen LogP contribution in [0.5, 0.6) is 0 Å². The van der Waals surface area contributed by atoms with Crippen molar-refractivity contribution in [2.45, 2.75) is 0 Å². The van der Waals surface area contributed by atoms with E-state index in [1.54, 1.807) is 35.9 Å². The molecule has 0 fully saturated rings. The Bertz CT molecular complexity index is 1920. The normalized spacial score (nSPS) is 11.3. The summed E-state index contributed by atoms with van der Waals surface area (Å²) in [5, 5.41) is 17.2. The van der Waals surface area contributed by atoms with Crippen LogP contribution in [0.2, 0.25) is 0 Å². The zero-order valence-electron chi connectivity index (χ0n) is 20.1. The third-order valence-electron chi connectivity index (χ3n) is 6.68. The zero-order valence-corrected chi connectivity index (χ0v) is 20.9. The van der Waals surface area contributed by atoms with Gasteiger partial charge >= 0.3 is 0 Å². The van der Waals surface area contributed by atoms with Gasteiger partial charge in [0, 0.05) is 33.6 Å². The van der Waals surface area contributed by atoms with Crippen LogP contribution in [0.25, 0.3) is 55.4 Å². The summed E-state index contributed by atoms with van der Waals surface area (Å²) in [6.07, 6.45) is 3.46. The van der Waals surface area contributed by atoms with Crippen LogP contribution < -0.4 is 5.32 Å². The third kappa shape index (κ3) is 3.95. The van der Waals surface area contributed by atoms with Gasteiger partial charge in [0.1, 0.15) is 5.69 Å². The Kier molecular flexibility index (Phi) is 5.34. The molecule has 4 heterocycles. The number of thiophene rings is 1. The maximum atomic E-state index is 12.6. The van der Waals surface area contributed by atoms with E-state index in [0.717, 1.165) is 38.9 Å². The number of nitrogens with one attached hydrogen (secondary N) is 3. The summed E-state index contributed by atoms with van der Waals surface area (Å²) in [5.74, 6) is -0.169. The summed E-state index contributed by atoms with van der Waals surface area (Å²) in [6.45, 7) is 0. The van der Waals surface area contributed by atoms with Crippen LogP contribution in [0.15, 0.2) is 108 Å². The zero-order chi connectivity index (χ0) is 25.5. The van der Waals surface area contributed by atoms with Crippen LogP contribution >= 0.6 is 11.3 Å². The van der Waals surface area contributed by atoms with Crippen molar-refractivity contribution in [1.82, 2.24) is 20.2 Å². The second kappa shape index (κ2) is 9.14. The molecule has 7 aromatic rings. The fraction of sp³-hybridized carbons (Fsp3) is 0. The Hall–Kier alpha value is -5.01. The summed E-state index contributed by atoms with van der Waals surface area (Å²) >= 11 is 1.70. The van der Waals surface area contributed by atoms with E-state index in [2.05, 4.69) is 72.6 Å². The molecule has 3 aromatic carbocycles. The lowest BCUT2D eigenvalue weighted by Gasteiger charge is -2.08. The number of hydrogen-bond acceptors (Lipinski definition) is 4. The number of anilines is 1. The molecule has 1 amide bonds.